The maximum atomic E-state index is 9.26. The zero-order chi connectivity index (χ0) is 11.1. The molecular weight excluding hydrogens is 203 g/mol. The van der Waals surface area contributed by atoms with E-state index in [0.717, 1.165) is 24.0 Å². The van der Waals surface area contributed by atoms with E-state index in [-0.39, 0.29) is 0 Å². The Morgan fingerprint density at radius 1 is 1.25 bits per heavy atom. The number of rotatable bonds is 1. The normalized spacial score (nSPS) is 14.1. The molecule has 0 fully saturated rings. The lowest BCUT2D eigenvalue weighted by Crippen LogP contribution is -2.30. The van der Waals surface area contributed by atoms with Crippen molar-refractivity contribution in [3.05, 3.63) is 35.6 Å². The van der Waals surface area contributed by atoms with E-state index >= 15 is 0 Å². The molecule has 80 valence electrons. The third-order valence-corrected chi connectivity index (χ3v) is 2.99. The van der Waals surface area contributed by atoms with Crippen molar-refractivity contribution in [2.24, 2.45) is 0 Å². The second kappa shape index (κ2) is 3.51. The molecule has 0 aliphatic heterocycles. The standard InChI is InChI=1S/C12H11BO3/c14-13(15)10-6-3-5-9-8-4-1-2-7-11(8)16-12(9)10/h2-3,5-7,14-15H,1,4H2. The molecule has 1 heterocycles. The zero-order valence-corrected chi connectivity index (χ0v) is 8.68. The Labute approximate surface area is 93.2 Å². The lowest BCUT2D eigenvalue weighted by atomic mass is 9.79. The van der Waals surface area contributed by atoms with Crippen LogP contribution in [0.4, 0.5) is 0 Å². The maximum absolute atomic E-state index is 9.26. The van der Waals surface area contributed by atoms with Crippen LogP contribution in [-0.2, 0) is 6.42 Å². The van der Waals surface area contributed by atoms with E-state index in [1.165, 1.54) is 5.56 Å². The van der Waals surface area contributed by atoms with Crippen LogP contribution in [0.15, 0.2) is 28.7 Å². The lowest BCUT2D eigenvalue weighted by molar-refractivity contribution is 0.425. The summed E-state index contributed by atoms with van der Waals surface area (Å²) < 4.78 is 5.68. The van der Waals surface area contributed by atoms with Gasteiger partial charge in [0.2, 0.25) is 0 Å². The molecule has 0 atom stereocenters. The van der Waals surface area contributed by atoms with Crippen LogP contribution < -0.4 is 5.46 Å². The summed E-state index contributed by atoms with van der Waals surface area (Å²) >= 11 is 0. The highest BCUT2D eigenvalue weighted by Gasteiger charge is 2.21. The molecule has 1 aromatic carbocycles. The molecule has 0 saturated carbocycles. The van der Waals surface area contributed by atoms with Crippen LogP contribution in [0.3, 0.4) is 0 Å². The molecule has 3 nitrogen and oxygen atoms in total. The summed E-state index contributed by atoms with van der Waals surface area (Å²) in [6.45, 7) is 0. The van der Waals surface area contributed by atoms with Crippen LogP contribution in [0.2, 0.25) is 0 Å². The summed E-state index contributed by atoms with van der Waals surface area (Å²) in [7, 11) is -1.49. The van der Waals surface area contributed by atoms with Gasteiger partial charge in [-0.15, -0.1) is 0 Å². The Balaban J connectivity index is 2.34. The highest BCUT2D eigenvalue weighted by atomic mass is 16.4. The molecule has 0 unspecified atom stereocenters. The minimum atomic E-state index is -1.49. The SMILES string of the molecule is OB(O)c1cccc2c3c(oc12)C=CCC3. The van der Waals surface area contributed by atoms with E-state index in [9.17, 15) is 10.0 Å². The molecule has 0 amide bonds. The Morgan fingerprint density at radius 2 is 2.12 bits per heavy atom. The topological polar surface area (TPSA) is 53.6 Å². The third-order valence-electron chi connectivity index (χ3n) is 2.99. The average Bonchev–Trinajstić information content (AvgIpc) is 2.67. The van der Waals surface area contributed by atoms with Gasteiger partial charge in [0.25, 0.3) is 0 Å². The smallest absolute Gasteiger partial charge is 0.457 e. The van der Waals surface area contributed by atoms with Gasteiger partial charge in [0.15, 0.2) is 0 Å². The van der Waals surface area contributed by atoms with Gasteiger partial charge in [-0.3, -0.25) is 0 Å². The average molecular weight is 214 g/mol. The summed E-state index contributed by atoms with van der Waals surface area (Å²) in [5.74, 6) is 0.842. The van der Waals surface area contributed by atoms with Gasteiger partial charge in [0, 0.05) is 16.4 Å². The number of hydrogen-bond donors (Lipinski definition) is 2. The Morgan fingerprint density at radius 3 is 2.94 bits per heavy atom. The fourth-order valence-corrected chi connectivity index (χ4v) is 2.22. The van der Waals surface area contributed by atoms with Gasteiger partial charge in [-0.05, 0) is 18.9 Å². The molecule has 0 bridgehead atoms. The van der Waals surface area contributed by atoms with E-state index in [2.05, 4.69) is 6.08 Å². The summed E-state index contributed by atoms with van der Waals surface area (Å²) in [6.07, 6.45) is 5.98. The first-order valence-corrected chi connectivity index (χ1v) is 5.34. The van der Waals surface area contributed by atoms with Crippen molar-refractivity contribution >= 4 is 29.6 Å². The number of aryl methyl sites for hydroxylation is 1. The van der Waals surface area contributed by atoms with Crippen molar-refractivity contribution in [2.45, 2.75) is 12.8 Å². The third kappa shape index (κ3) is 1.31. The van der Waals surface area contributed by atoms with Gasteiger partial charge in [-0.2, -0.15) is 0 Å². The van der Waals surface area contributed by atoms with E-state index in [1.54, 1.807) is 6.07 Å². The summed E-state index contributed by atoms with van der Waals surface area (Å²) in [4.78, 5) is 0. The Kier molecular flexibility index (Phi) is 2.12. The molecule has 4 heteroatoms. The van der Waals surface area contributed by atoms with E-state index in [1.807, 2.05) is 18.2 Å². The van der Waals surface area contributed by atoms with Crippen LogP contribution in [0, 0.1) is 0 Å². The van der Waals surface area contributed by atoms with E-state index in [0.29, 0.717) is 11.0 Å². The number of fused-ring (bicyclic) bond motifs is 3. The maximum Gasteiger partial charge on any atom is 0.492 e. The van der Waals surface area contributed by atoms with Crippen LogP contribution in [0.5, 0.6) is 0 Å². The minimum absolute atomic E-state index is 0.431. The van der Waals surface area contributed by atoms with Gasteiger partial charge in [-0.25, -0.2) is 0 Å². The largest absolute Gasteiger partial charge is 0.492 e. The van der Waals surface area contributed by atoms with Crippen LogP contribution in [0.1, 0.15) is 17.7 Å². The van der Waals surface area contributed by atoms with E-state index in [4.69, 9.17) is 4.42 Å². The van der Waals surface area contributed by atoms with Crippen LogP contribution in [0.25, 0.3) is 17.0 Å². The molecule has 1 aliphatic rings. The lowest BCUT2D eigenvalue weighted by Gasteiger charge is -2.02. The summed E-state index contributed by atoms with van der Waals surface area (Å²) in [5, 5.41) is 19.5. The number of para-hydroxylation sites is 1. The fourth-order valence-electron chi connectivity index (χ4n) is 2.22. The van der Waals surface area contributed by atoms with Gasteiger partial charge in [-0.1, -0.05) is 24.3 Å². The second-order valence-corrected chi connectivity index (χ2v) is 3.98. The molecule has 1 aliphatic carbocycles. The second-order valence-electron chi connectivity index (χ2n) is 3.98. The first kappa shape index (κ1) is 9.69. The first-order chi connectivity index (χ1) is 7.77. The van der Waals surface area contributed by atoms with Crippen molar-refractivity contribution in [1.29, 1.82) is 0 Å². The molecule has 0 saturated heterocycles. The molecule has 3 rings (SSSR count). The van der Waals surface area contributed by atoms with Gasteiger partial charge >= 0.3 is 7.12 Å². The first-order valence-electron chi connectivity index (χ1n) is 5.34. The molecular formula is C12H11BO3. The molecule has 0 spiro atoms. The predicted molar refractivity (Wildman–Crippen MR) is 63.4 cm³/mol. The number of hydrogen-bond acceptors (Lipinski definition) is 3. The predicted octanol–water partition coefficient (Wildman–Crippen LogP) is 1.07. The quantitative estimate of drug-likeness (QED) is 0.698. The van der Waals surface area contributed by atoms with Crippen LogP contribution >= 0.6 is 0 Å². The summed E-state index contributed by atoms with van der Waals surface area (Å²) in [6, 6.07) is 5.46. The van der Waals surface area contributed by atoms with Gasteiger partial charge < -0.3 is 14.5 Å². The minimum Gasteiger partial charge on any atom is -0.457 e. The Bertz CT molecular complexity index is 569. The number of allylic oxidation sites excluding steroid dienone is 1. The number of benzene rings is 1. The van der Waals surface area contributed by atoms with Gasteiger partial charge in [0.05, 0.1) is 0 Å². The van der Waals surface area contributed by atoms with Crippen molar-refractivity contribution in [3.63, 3.8) is 0 Å². The molecule has 16 heavy (non-hydrogen) atoms. The van der Waals surface area contributed by atoms with Crippen molar-refractivity contribution in [1.82, 2.24) is 0 Å². The molecule has 2 aromatic rings. The Hall–Kier alpha value is -1.52. The number of furan rings is 1. The van der Waals surface area contributed by atoms with Gasteiger partial charge in [0.1, 0.15) is 11.3 Å². The van der Waals surface area contributed by atoms with Crippen molar-refractivity contribution in [3.8, 4) is 0 Å². The monoisotopic (exact) mass is 214 g/mol. The molecule has 1 aromatic heterocycles. The fraction of sp³-hybridized carbons (Fsp3) is 0.167. The highest BCUT2D eigenvalue weighted by molar-refractivity contribution is 6.61. The molecule has 0 radical (unpaired) electrons. The highest BCUT2D eigenvalue weighted by Crippen LogP contribution is 2.29. The van der Waals surface area contributed by atoms with Crippen molar-refractivity contribution in [2.75, 3.05) is 0 Å². The van der Waals surface area contributed by atoms with Crippen molar-refractivity contribution < 1.29 is 14.5 Å². The van der Waals surface area contributed by atoms with Crippen LogP contribution in [-0.4, -0.2) is 17.2 Å². The summed E-state index contributed by atoms with van der Waals surface area (Å²) in [5.41, 5.74) is 2.19. The zero-order valence-electron chi connectivity index (χ0n) is 8.68. The molecule has 2 N–H and O–H groups in total. The van der Waals surface area contributed by atoms with E-state index < -0.39 is 7.12 Å².